The van der Waals surface area contributed by atoms with Crippen LogP contribution < -0.4 is 11.3 Å². The second-order valence-electron chi connectivity index (χ2n) is 7.29. The maximum Gasteiger partial charge on any atom is 0.262 e. The van der Waals surface area contributed by atoms with Gasteiger partial charge in [0.05, 0.1) is 10.3 Å². The summed E-state index contributed by atoms with van der Waals surface area (Å²) in [6, 6.07) is 6.77. The van der Waals surface area contributed by atoms with Gasteiger partial charge in [-0.15, -0.1) is 0 Å². The lowest BCUT2D eigenvalue weighted by Gasteiger charge is -2.28. The van der Waals surface area contributed by atoms with Gasteiger partial charge in [0.2, 0.25) is 16.0 Å². The Balaban J connectivity index is 1.78. The predicted octanol–water partition coefficient (Wildman–Crippen LogP) is 2.28. The summed E-state index contributed by atoms with van der Waals surface area (Å²) in [5, 5.41) is 0.344. The first-order chi connectivity index (χ1) is 13.4. The van der Waals surface area contributed by atoms with E-state index in [0.29, 0.717) is 16.6 Å². The summed E-state index contributed by atoms with van der Waals surface area (Å²) in [6.45, 7) is 2.03. The van der Waals surface area contributed by atoms with Crippen molar-refractivity contribution in [2.45, 2.75) is 50.1 Å². The van der Waals surface area contributed by atoms with Crippen molar-refractivity contribution in [1.29, 1.82) is 0 Å². The minimum Gasteiger partial charge on any atom is -0.369 e. The molecule has 0 saturated heterocycles. The van der Waals surface area contributed by atoms with E-state index in [0.717, 1.165) is 31.2 Å². The van der Waals surface area contributed by atoms with E-state index in [1.54, 1.807) is 30.5 Å². The summed E-state index contributed by atoms with van der Waals surface area (Å²) >= 11 is 0. The zero-order valence-electron chi connectivity index (χ0n) is 15.6. The summed E-state index contributed by atoms with van der Waals surface area (Å²) in [4.78, 5) is 22.1. The Hall–Kier alpha value is -2.65. The smallest absolute Gasteiger partial charge is 0.262 e. The minimum absolute atomic E-state index is 0.0193. The second kappa shape index (κ2) is 7.06. The average molecular weight is 401 g/mol. The van der Waals surface area contributed by atoms with Crippen LogP contribution >= 0.6 is 0 Å². The third-order valence-corrected chi connectivity index (χ3v) is 7.24. The maximum atomic E-state index is 13.4. The highest BCUT2D eigenvalue weighted by atomic mass is 32.2. The number of hydrogen-bond acceptors (Lipinski definition) is 5. The third-order valence-electron chi connectivity index (χ3n) is 5.33. The first-order valence-corrected chi connectivity index (χ1v) is 10.7. The standard InChI is InChI=1S/C19H23N5O3S/c1-12-6-8-15(9-7-12)28(26,27)24(14-4-2-3-5-14)11-13-10-21-17-16(13)18(25)23-19(20)22-17/h6-10,14H,2-5,11H2,1H3,(H4,20,21,22,23,25). The predicted molar refractivity (Wildman–Crippen MR) is 107 cm³/mol. The number of aromatic nitrogens is 3. The van der Waals surface area contributed by atoms with Crippen molar-refractivity contribution >= 4 is 27.0 Å². The van der Waals surface area contributed by atoms with Gasteiger partial charge in [0.25, 0.3) is 5.56 Å². The molecule has 28 heavy (non-hydrogen) atoms. The lowest BCUT2D eigenvalue weighted by Crippen LogP contribution is -2.38. The molecule has 0 amide bonds. The molecule has 1 aromatic carbocycles. The van der Waals surface area contributed by atoms with Crippen LogP contribution in [0.4, 0.5) is 5.95 Å². The molecule has 0 aliphatic heterocycles. The Bertz CT molecular complexity index is 1160. The number of aryl methyl sites for hydroxylation is 1. The molecule has 0 spiro atoms. The Morgan fingerprint density at radius 1 is 1.21 bits per heavy atom. The summed E-state index contributed by atoms with van der Waals surface area (Å²) < 4.78 is 28.4. The van der Waals surface area contributed by atoms with Crippen LogP contribution in [0.25, 0.3) is 11.0 Å². The molecule has 1 aliphatic rings. The molecule has 0 atom stereocenters. The summed E-state index contributed by atoms with van der Waals surface area (Å²) in [5.41, 5.74) is 7.17. The maximum absolute atomic E-state index is 13.4. The number of nitrogens with two attached hydrogens (primary N) is 1. The van der Waals surface area contributed by atoms with Gasteiger partial charge in [-0.2, -0.15) is 9.29 Å². The highest BCUT2D eigenvalue weighted by molar-refractivity contribution is 7.89. The quantitative estimate of drug-likeness (QED) is 0.605. The fourth-order valence-corrected chi connectivity index (χ4v) is 5.52. The number of nitrogens with one attached hydrogen (secondary N) is 2. The number of sulfonamides is 1. The van der Waals surface area contributed by atoms with E-state index in [1.165, 1.54) is 4.31 Å². The number of nitrogens with zero attached hydrogens (tertiary/aromatic N) is 2. The van der Waals surface area contributed by atoms with Gasteiger partial charge in [-0.3, -0.25) is 9.78 Å². The number of aromatic amines is 2. The molecule has 2 heterocycles. The first kappa shape index (κ1) is 18.7. The zero-order valence-corrected chi connectivity index (χ0v) is 16.4. The van der Waals surface area contributed by atoms with Crippen molar-refractivity contribution in [3.8, 4) is 0 Å². The van der Waals surface area contributed by atoms with Gasteiger partial charge >= 0.3 is 0 Å². The van der Waals surface area contributed by atoms with Crippen molar-refractivity contribution < 1.29 is 8.42 Å². The molecule has 9 heteroatoms. The molecule has 1 aliphatic carbocycles. The van der Waals surface area contributed by atoms with Crippen LogP contribution in [0.15, 0.2) is 40.2 Å². The number of benzene rings is 1. The van der Waals surface area contributed by atoms with E-state index in [-0.39, 0.29) is 29.0 Å². The third kappa shape index (κ3) is 3.31. The Morgan fingerprint density at radius 3 is 2.57 bits per heavy atom. The number of hydrogen-bond donors (Lipinski definition) is 3. The summed E-state index contributed by atoms with van der Waals surface area (Å²) in [7, 11) is -3.70. The zero-order chi connectivity index (χ0) is 19.9. The SMILES string of the molecule is Cc1ccc(S(=O)(=O)N(Cc2c[nH]c3nc(N)[nH]c(=O)c23)C2CCCC2)cc1. The molecule has 1 saturated carbocycles. The summed E-state index contributed by atoms with van der Waals surface area (Å²) in [6.07, 6.45) is 5.26. The van der Waals surface area contributed by atoms with Gasteiger partial charge < -0.3 is 10.7 Å². The molecular weight excluding hydrogens is 378 g/mol. The highest BCUT2D eigenvalue weighted by Crippen LogP contribution is 2.31. The normalized spacial score (nSPS) is 15.6. The lowest BCUT2D eigenvalue weighted by molar-refractivity contribution is 0.317. The molecule has 4 N–H and O–H groups in total. The molecule has 8 nitrogen and oxygen atoms in total. The molecule has 148 valence electrons. The van der Waals surface area contributed by atoms with Gasteiger partial charge in [-0.1, -0.05) is 30.5 Å². The highest BCUT2D eigenvalue weighted by Gasteiger charge is 2.34. The second-order valence-corrected chi connectivity index (χ2v) is 9.18. The van der Waals surface area contributed by atoms with Crippen LogP contribution in [0.3, 0.4) is 0 Å². The van der Waals surface area contributed by atoms with Crippen LogP contribution in [0.1, 0.15) is 36.8 Å². The van der Waals surface area contributed by atoms with E-state index in [4.69, 9.17) is 5.73 Å². The Morgan fingerprint density at radius 2 is 1.89 bits per heavy atom. The average Bonchev–Trinajstić information content (AvgIpc) is 3.29. The molecule has 4 rings (SSSR count). The van der Waals surface area contributed by atoms with E-state index < -0.39 is 10.0 Å². The minimum atomic E-state index is -3.70. The molecule has 0 unspecified atom stereocenters. The Kier molecular flexibility index (Phi) is 4.72. The van der Waals surface area contributed by atoms with E-state index in [2.05, 4.69) is 15.0 Å². The molecule has 0 radical (unpaired) electrons. The van der Waals surface area contributed by atoms with Crippen LogP contribution in [0, 0.1) is 6.92 Å². The van der Waals surface area contributed by atoms with Crippen LogP contribution in [0.2, 0.25) is 0 Å². The van der Waals surface area contributed by atoms with Crippen LogP contribution in [0.5, 0.6) is 0 Å². The number of fused-ring (bicyclic) bond motifs is 1. The summed E-state index contributed by atoms with van der Waals surface area (Å²) in [5.74, 6) is 0.0193. The molecule has 3 aromatic rings. The number of rotatable bonds is 5. The topological polar surface area (TPSA) is 125 Å². The van der Waals surface area contributed by atoms with Crippen molar-refractivity contribution in [2.75, 3.05) is 5.73 Å². The number of H-pyrrole nitrogens is 2. The van der Waals surface area contributed by atoms with Crippen LogP contribution in [-0.2, 0) is 16.6 Å². The lowest BCUT2D eigenvalue weighted by atomic mass is 10.2. The first-order valence-electron chi connectivity index (χ1n) is 9.30. The van der Waals surface area contributed by atoms with Gasteiger partial charge in [0, 0.05) is 18.8 Å². The van der Waals surface area contributed by atoms with Gasteiger partial charge in [-0.05, 0) is 37.5 Å². The molecule has 1 fully saturated rings. The van der Waals surface area contributed by atoms with Gasteiger partial charge in [0.1, 0.15) is 5.65 Å². The Labute approximate surface area is 162 Å². The monoisotopic (exact) mass is 401 g/mol. The van der Waals surface area contributed by atoms with Crippen molar-refractivity contribution in [1.82, 2.24) is 19.3 Å². The molecular formula is C19H23N5O3S. The van der Waals surface area contributed by atoms with Crippen molar-refractivity contribution in [2.24, 2.45) is 0 Å². The van der Waals surface area contributed by atoms with Gasteiger partial charge in [0.15, 0.2) is 0 Å². The van der Waals surface area contributed by atoms with Gasteiger partial charge in [-0.25, -0.2) is 8.42 Å². The van der Waals surface area contributed by atoms with E-state index in [1.807, 2.05) is 6.92 Å². The number of nitrogen functional groups attached to an aromatic ring is 1. The molecule has 2 aromatic heterocycles. The van der Waals surface area contributed by atoms with Crippen LogP contribution in [-0.4, -0.2) is 33.7 Å². The van der Waals surface area contributed by atoms with E-state index in [9.17, 15) is 13.2 Å². The van der Waals surface area contributed by atoms with Crippen molar-refractivity contribution in [3.05, 3.63) is 51.9 Å². The molecule has 0 bridgehead atoms. The fourth-order valence-electron chi connectivity index (χ4n) is 3.86. The largest absolute Gasteiger partial charge is 0.369 e. The number of anilines is 1. The van der Waals surface area contributed by atoms with E-state index >= 15 is 0 Å². The fraction of sp³-hybridized carbons (Fsp3) is 0.368. The van der Waals surface area contributed by atoms with Crippen molar-refractivity contribution in [3.63, 3.8) is 0 Å².